The van der Waals surface area contributed by atoms with Gasteiger partial charge in [-0.1, -0.05) is 6.92 Å². The van der Waals surface area contributed by atoms with Crippen LogP contribution in [0.1, 0.15) is 32.1 Å². The van der Waals surface area contributed by atoms with Gasteiger partial charge in [-0.2, -0.15) is 0 Å². The van der Waals surface area contributed by atoms with E-state index in [-0.39, 0.29) is 18.5 Å². The van der Waals surface area contributed by atoms with Gasteiger partial charge in [-0.05, 0) is 20.3 Å². The summed E-state index contributed by atoms with van der Waals surface area (Å²) >= 11 is 1.46. The normalized spacial score (nSPS) is 22.8. The molecule has 2 N–H and O–H groups in total. The molecule has 1 unspecified atom stereocenters. The number of thiazole rings is 1. The van der Waals surface area contributed by atoms with Crippen LogP contribution >= 0.6 is 11.3 Å². The SMILES string of the molecule is CCNc1ncc(CN2C(=O)NC(C)(CC)C2=O)s1. The number of anilines is 1. The first-order chi connectivity index (χ1) is 9.00. The fourth-order valence-corrected chi connectivity index (χ4v) is 2.77. The van der Waals surface area contributed by atoms with Crippen LogP contribution in [0.25, 0.3) is 0 Å². The largest absolute Gasteiger partial charge is 0.362 e. The molecule has 3 amide bonds. The number of nitrogens with one attached hydrogen (secondary N) is 2. The number of rotatable bonds is 5. The first-order valence-electron chi connectivity index (χ1n) is 6.33. The van der Waals surface area contributed by atoms with Gasteiger partial charge in [0.1, 0.15) is 5.54 Å². The Hall–Kier alpha value is -1.63. The zero-order valence-electron chi connectivity index (χ0n) is 11.3. The van der Waals surface area contributed by atoms with Crippen LogP contribution in [0.4, 0.5) is 9.93 Å². The van der Waals surface area contributed by atoms with Crippen LogP contribution in [0.3, 0.4) is 0 Å². The highest BCUT2D eigenvalue weighted by Gasteiger charge is 2.46. The van der Waals surface area contributed by atoms with Crippen molar-refractivity contribution in [3.8, 4) is 0 Å². The number of carbonyl (C=O) groups excluding carboxylic acids is 2. The standard InChI is InChI=1S/C12H18N4O2S/c1-4-12(3)9(17)16(11(18)15-12)7-8-6-14-10(19-8)13-5-2/h6H,4-5,7H2,1-3H3,(H,13,14)(H,15,18). The molecule has 1 fully saturated rings. The molecule has 104 valence electrons. The van der Waals surface area contributed by atoms with Crippen LogP contribution in [0.15, 0.2) is 6.20 Å². The van der Waals surface area contributed by atoms with Crippen LogP contribution in [0.2, 0.25) is 0 Å². The summed E-state index contributed by atoms with van der Waals surface area (Å²) in [7, 11) is 0. The second-order valence-electron chi connectivity index (χ2n) is 4.67. The van der Waals surface area contributed by atoms with E-state index in [1.165, 1.54) is 16.2 Å². The molecule has 7 heteroatoms. The lowest BCUT2D eigenvalue weighted by molar-refractivity contribution is -0.131. The van der Waals surface area contributed by atoms with Gasteiger partial charge in [-0.15, -0.1) is 11.3 Å². The van der Waals surface area contributed by atoms with Crippen molar-refractivity contribution in [3.05, 3.63) is 11.1 Å². The van der Waals surface area contributed by atoms with Gasteiger partial charge in [-0.3, -0.25) is 9.69 Å². The highest BCUT2D eigenvalue weighted by Crippen LogP contribution is 2.25. The lowest BCUT2D eigenvalue weighted by Crippen LogP contribution is -2.43. The van der Waals surface area contributed by atoms with Gasteiger partial charge in [0.15, 0.2) is 5.13 Å². The summed E-state index contributed by atoms with van der Waals surface area (Å²) in [6, 6.07) is -0.326. The smallest absolute Gasteiger partial charge is 0.325 e. The van der Waals surface area contributed by atoms with Gasteiger partial charge >= 0.3 is 6.03 Å². The summed E-state index contributed by atoms with van der Waals surface area (Å²) in [5.74, 6) is -0.168. The minimum Gasteiger partial charge on any atom is -0.362 e. The number of urea groups is 1. The highest BCUT2D eigenvalue weighted by molar-refractivity contribution is 7.15. The van der Waals surface area contributed by atoms with Crippen LogP contribution in [-0.2, 0) is 11.3 Å². The Morgan fingerprint density at radius 2 is 2.21 bits per heavy atom. The maximum absolute atomic E-state index is 12.2. The van der Waals surface area contributed by atoms with E-state index in [1.54, 1.807) is 13.1 Å². The van der Waals surface area contributed by atoms with E-state index >= 15 is 0 Å². The Morgan fingerprint density at radius 3 is 2.79 bits per heavy atom. The van der Waals surface area contributed by atoms with Gasteiger partial charge < -0.3 is 10.6 Å². The van der Waals surface area contributed by atoms with Crippen molar-refractivity contribution < 1.29 is 9.59 Å². The highest BCUT2D eigenvalue weighted by atomic mass is 32.1. The maximum atomic E-state index is 12.2. The van der Waals surface area contributed by atoms with Crippen LogP contribution < -0.4 is 10.6 Å². The molecule has 1 saturated heterocycles. The molecule has 0 radical (unpaired) electrons. The Kier molecular flexibility index (Phi) is 3.75. The molecular weight excluding hydrogens is 264 g/mol. The average molecular weight is 282 g/mol. The van der Waals surface area contributed by atoms with Crippen molar-refractivity contribution in [2.75, 3.05) is 11.9 Å². The Morgan fingerprint density at radius 1 is 1.47 bits per heavy atom. The molecule has 0 aliphatic carbocycles. The van der Waals surface area contributed by atoms with Crippen molar-refractivity contribution in [2.24, 2.45) is 0 Å². The molecule has 1 atom stereocenters. The number of hydrogen-bond donors (Lipinski definition) is 2. The molecule has 0 saturated carbocycles. The van der Waals surface area contributed by atoms with E-state index in [0.717, 1.165) is 16.6 Å². The van der Waals surface area contributed by atoms with Gasteiger partial charge in [0.05, 0.1) is 6.54 Å². The fraction of sp³-hybridized carbons (Fsp3) is 0.583. The van der Waals surface area contributed by atoms with E-state index in [2.05, 4.69) is 15.6 Å². The molecule has 0 spiro atoms. The molecule has 1 aliphatic rings. The second-order valence-corrected chi connectivity index (χ2v) is 5.78. The van der Waals surface area contributed by atoms with Crippen LogP contribution in [0, 0.1) is 0 Å². The second kappa shape index (κ2) is 5.16. The third kappa shape index (κ3) is 2.56. The molecule has 2 rings (SSSR count). The Balaban J connectivity index is 2.10. The van der Waals surface area contributed by atoms with E-state index in [1.807, 2.05) is 13.8 Å². The quantitative estimate of drug-likeness (QED) is 0.808. The third-order valence-corrected chi connectivity index (χ3v) is 4.19. The predicted molar refractivity (Wildman–Crippen MR) is 74.1 cm³/mol. The summed E-state index contributed by atoms with van der Waals surface area (Å²) in [4.78, 5) is 30.4. The van der Waals surface area contributed by atoms with Gasteiger partial charge in [0, 0.05) is 17.6 Å². The number of aromatic nitrogens is 1. The fourth-order valence-electron chi connectivity index (χ4n) is 1.90. The first-order valence-corrected chi connectivity index (χ1v) is 7.14. The van der Waals surface area contributed by atoms with Crippen LogP contribution in [0.5, 0.6) is 0 Å². The zero-order chi connectivity index (χ0) is 14.0. The molecule has 6 nitrogen and oxygen atoms in total. The lowest BCUT2D eigenvalue weighted by atomic mass is 9.99. The topological polar surface area (TPSA) is 74.3 Å². The number of imide groups is 1. The van der Waals surface area contributed by atoms with Gasteiger partial charge in [-0.25, -0.2) is 9.78 Å². The molecule has 1 aromatic rings. The molecule has 0 bridgehead atoms. The van der Waals surface area contributed by atoms with Crippen molar-refractivity contribution in [1.82, 2.24) is 15.2 Å². The molecule has 1 aliphatic heterocycles. The summed E-state index contributed by atoms with van der Waals surface area (Å²) in [6.07, 6.45) is 2.28. The number of nitrogens with zero attached hydrogens (tertiary/aromatic N) is 2. The molecule has 1 aromatic heterocycles. The monoisotopic (exact) mass is 282 g/mol. The summed E-state index contributed by atoms with van der Waals surface area (Å²) < 4.78 is 0. The predicted octanol–water partition coefficient (Wildman–Crippen LogP) is 1.80. The van der Waals surface area contributed by atoms with Gasteiger partial charge in [0.2, 0.25) is 0 Å². The first kappa shape index (κ1) is 13.8. The lowest BCUT2D eigenvalue weighted by Gasteiger charge is -2.18. The number of amides is 3. The summed E-state index contributed by atoms with van der Waals surface area (Å²) in [5.41, 5.74) is -0.772. The van der Waals surface area contributed by atoms with Crippen molar-refractivity contribution >= 4 is 28.4 Å². The van der Waals surface area contributed by atoms with E-state index in [0.29, 0.717) is 6.42 Å². The van der Waals surface area contributed by atoms with E-state index in [4.69, 9.17) is 0 Å². The summed E-state index contributed by atoms with van der Waals surface area (Å²) in [5, 5.41) is 6.65. The zero-order valence-corrected chi connectivity index (χ0v) is 12.1. The maximum Gasteiger partial charge on any atom is 0.325 e. The minimum absolute atomic E-state index is 0.168. The van der Waals surface area contributed by atoms with Gasteiger partial charge in [0.25, 0.3) is 5.91 Å². The van der Waals surface area contributed by atoms with Crippen LogP contribution in [-0.4, -0.2) is 33.9 Å². The van der Waals surface area contributed by atoms with E-state index in [9.17, 15) is 9.59 Å². The van der Waals surface area contributed by atoms with E-state index < -0.39 is 5.54 Å². The van der Waals surface area contributed by atoms with Crippen molar-refractivity contribution in [1.29, 1.82) is 0 Å². The van der Waals surface area contributed by atoms with Crippen molar-refractivity contribution in [2.45, 2.75) is 39.3 Å². The number of hydrogen-bond acceptors (Lipinski definition) is 5. The summed E-state index contributed by atoms with van der Waals surface area (Å²) in [6.45, 7) is 6.71. The minimum atomic E-state index is -0.772. The number of carbonyl (C=O) groups is 2. The Bertz CT molecular complexity index is 502. The Labute approximate surface area is 116 Å². The average Bonchev–Trinajstić information content (AvgIpc) is 2.90. The molecule has 2 heterocycles. The molecular formula is C12H18N4O2S. The third-order valence-electron chi connectivity index (χ3n) is 3.25. The van der Waals surface area contributed by atoms with Crippen molar-refractivity contribution in [3.63, 3.8) is 0 Å². The molecule has 0 aromatic carbocycles. The molecule has 19 heavy (non-hydrogen) atoms.